The van der Waals surface area contributed by atoms with Crippen LogP contribution < -0.4 is 20.1 Å². The topological polar surface area (TPSA) is 85.4 Å². The van der Waals surface area contributed by atoms with E-state index in [1.165, 1.54) is 32.5 Å². The Morgan fingerprint density at radius 3 is 2.68 bits per heavy atom. The molecule has 0 unspecified atom stereocenters. The van der Waals surface area contributed by atoms with Crippen molar-refractivity contribution in [3.05, 3.63) is 35.2 Å². The van der Waals surface area contributed by atoms with E-state index in [4.69, 9.17) is 21.1 Å². The number of halogens is 2. The van der Waals surface area contributed by atoms with Gasteiger partial charge in [0.2, 0.25) is 5.88 Å². The summed E-state index contributed by atoms with van der Waals surface area (Å²) >= 11 is 5.64. The Kier molecular flexibility index (Phi) is 4.95. The molecule has 2 aromatic rings. The zero-order valence-electron chi connectivity index (χ0n) is 11.7. The summed E-state index contributed by atoms with van der Waals surface area (Å²) in [6.07, 6.45) is 1.34. The number of ether oxygens (including phenoxy) is 2. The second-order valence-electron chi connectivity index (χ2n) is 3.99. The summed E-state index contributed by atoms with van der Waals surface area (Å²) in [5.41, 5.74) is 0.575. The molecule has 22 heavy (non-hydrogen) atoms. The highest BCUT2D eigenvalue weighted by Crippen LogP contribution is 2.23. The van der Waals surface area contributed by atoms with Crippen molar-refractivity contribution in [3.8, 4) is 11.9 Å². The number of nitrogens with one attached hydrogen (secondary N) is 2. The van der Waals surface area contributed by atoms with Gasteiger partial charge >= 0.3 is 12.0 Å². The molecule has 0 saturated carbocycles. The normalized spacial score (nSPS) is 10.0. The van der Waals surface area contributed by atoms with Crippen LogP contribution in [0.4, 0.5) is 20.6 Å². The lowest BCUT2D eigenvalue weighted by atomic mass is 10.3. The van der Waals surface area contributed by atoms with Crippen molar-refractivity contribution in [1.82, 2.24) is 9.97 Å². The number of aromatic nitrogens is 2. The number of carbonyl (C=O) groups is 1. The van der Waals surface area contributed by atoms with E-state index in [-0.39, 0.29) is 22.6 Å². The first-order valence-corrected chi connectivity index (χ1v) is 6.39. The first-order chi connectivity index (χ1) is 10.5. The van der Waals surface area contributed by atoms with E-state index in [0.717, 1.165) is 6.07 Å². The third-order valence-electron chi connectivity index (χ3n) is 2.53. The van der Waals surface area contributed by atoms with Crippen molar-refractivity contribution < 1.29 is 18.7 Å². The SMILES string of the molecule is COc1ncc(NC(=O)Nc2ccc(F)c(Cl)c2)c(OC)n1. The van der Waals surface area contributed by atoms with E-state index < -0.39 is 11.8 Å². The number of carbonyl (C=O) groups excluding carboxylic acids is 1. The molecule has 9 heteroatoms. The van der Waals surface area contributed by atoms with Crippen LogP contribution in [-0.2, 0) is 0 Å². The number of nitrogens with zero attached hydrogens (tertiary/aromatic N) is 2. The molecular weight excluding hydrogens is 315 g/mol. The quantitative estimate of drug-likeness (QED) is 0.902. The fourth-order valence-electron chi connectivity index (χ4n) is 1.55. The Hall–Kier alpha value is -2.61. The molecule has 2 N–H and O–H groups in total. The Labute approximate surface area is 130 Å². The van der Waals surface area contributed by atoms with Crippen molar-refractivity contribution in [3.63, 3.8) is 0 Å². The largest absolute Gasteiger partial charge is 0.479 e. The van der Waals surface area contributed by atoms with Gasteiger partial charge in [0, 0.05) is 5.69 Å². The third kappa shape index (κ3) is 3.73. The van der Waals surface area contributed by atoms with E-state index >= 15 is 0 Å². The van der Waals surface area contributed by atoms with Crippen LogP contribution in [0.25, 0.3) is 0 Å². The molecule has 0 spiro atoms. The highest BCUT2D eigenvalue weighted by Gasteiger charge is 2.12. The van der Waals surface area contributed by atoms with Gasteiger partial charge in [-0.15, -0.1) is 0 Å². The number of hydrogen-bond acceptors (Lipinski definition) is 5. The minimum atomic E-state index is -0.588. The van der Waals surface area contributed by atoms with Crippen molar-refractivity contribution in [2.45, 2.75) is 0 Å². The number of benzene rings is 1. The van der Waals surface area contributed by atoms with Gasteiger partial charge in [0.1, 0.15) is 11.5 Å². The van der Waals surface area contributed by atoms with Gasteiger partial charge in [-0.3, -0.25) is 0 Å². The minimum absolute atomic E-state index is 0.0943. The first kappa shape index (κ1) is 15.8. The molecule has 116 valence electrons. The Morgan fingerprint density at radius 1 is 1.27 bits per heavy atom. The van der Waals surface area contributed by atoms with Crippen molar-refractivity contribution in [1.29, 1.82) is 0 Å². The van der Waals surface area contributed by atoms with Gasteiger partial charge in [0.25, 0.3) is 0 Å². The highest BCUT2D eigenvalue weighted by atomic mass is 35.5. The fourth-order valence-corrected chi connectivity index (χ4v) is 1.73. The summed E-state index contributed by atoms with van der Waals surface area (Å²) in [7, 11) is 2.80. The van der Waals surface area contributed by atoms with Crippen molar-refractivity contribution in [2.24, 2.45) is 0 Å². The summed E-state index contributed by atoms with van der Waals surface area (Å²) in [5.74, 6) is -0.433. The average molecular weight is 327 g/mol. The maximum Gasteiger partial charge on any atom is 0.323 e. The summed E-state index contributed by atoms with van der Waals surface area (Å²) in [6, 6.07) is 3.33. The number of rotatable bonds is 4. The van der Waals surface area contributed by atoms with Crippen molar-refractivity contribution in [2.75, 3.05) is 24.9 Å². The van der Waals surface area contributed by atoms with Gasteiger partial charge < -0.3 is 20.1 Å². The third-order valence-corrected chi connectivity index (χ3v) is 2.82. The predicted octanol–water partition coefficient (Wildman–Crippen LogP) is 2.93. The lowest BCUT2D eigenvalue weighted by Crippen LogP contribution is -2.20. The Bertz CT molecular complexity index is 699. The molecule has 0 bridgehead atoms. The monoisotopic (exact) mass is 326 g/mol. The van der Waals surface area contributed by atoms with E-state index in [9.17, 15) is 9.18 Å². The Morgan fingerprint density at radius 2 is 2.05 bits per heavy atom. The van der Waals surface area contributed by atoms with Crippen LogP contribution in [0.15, 0.2) is 24.4 Å². The maximum atomic E-state index is 13.0. The van der Waals surface area contributed by atoms with Crippen LogP contribution in [0.5, 0.6) is 11.9 Å². The van der Waals surface area contributed by atoms with Crippen LogP contribution in [0.2, 0.25) is 5.02 Å². The molecule has 0 aliphatic rings. The maximum absolute atomic E-state index is 13.0. The predicted molar refractivity (Wildman–Crippen MR) is 79.2 cm³/mol. The molecule has 1 aromatic heterocycles. The molecule has 2 rings (SSSR count). The van der Waals surface area contributed by atoms with Crippen molar-refractivity contribution >= 4 is 29.0 Å². The molecule has 2 amide bonds. The second kappa shape index (κ2) is 6.90. The zero-order chi connectivity index (χ0) is 16.1. The number of hydrogen-bond donors (Lipinski definition) is 2. The van der Waals surface area contributed by atoms with Gasteiger partial charge in [0.05, 0.1) is 25.4 Å². The number of anilines is 2. The first-order valence-electron chi connectivity index (χ1n) is 6.01. The number of urea groups is 1. The van der Waals surface area contributed by atoms with Crippen LogP contribution in [0, 0.1) is 5.82 Å². The molecule has 7 nitrogen and oxygen atoms in total. The molecule has 1 aromatic carbocycles. The molecule has 0 aliphatic heterocycles. The molecule has 1 heterocycles. The summed E-state index contributed by atoms with van der Waals surface area (Å²) in [4.78, 5) is 19.7. The van der Waals surface area contributed by atoms with Gasteiger partial charge in [-0.25, -0.2) is 14.2 Å². The van der Waals surface area contributed by atoms with E-state index in [1.807, 2.05) is 0 Å². The highest BCUT2D eigenvalue weighted by molar-refractivity contribution is 6.31. The van der Waals surface area contributed by atoms with Crippen LogP contribution in [0.1, 0.15) is 0 Å². The molecule has 0 radical (unpaired) electrons. The average Bonchev–Trinajstić information content (AvgIpc) is 2.51. The standard InChI is InChI=1S/C13H12ClFN4O3/c1-21-11-10(6-16-13(19-11)22-2)18-12(20)17-7-3-4-9(15)8(14)5-7/h3-6H,1-2H3,(H2,17,18,20). The molecular formula is C13H12ClFN4O3. The molecule has 0 fully saturated rings. The van der Waals surface area contributed by atoms with E-state index in [0.29, 0.717) is 5.69 Å². The molecule has 0 saturated heterocycles. The number of amides is 2. The lowest BCUT2D eigenvalue weighted by molar-refractivity contribution is 0.262. The molecule has 0 atom stereocenters. The fraction of sp³-hybridized carbons (Fsp3) is 0.154. The lowest BCUT2D eigenvalue weighted by Gasteiger charge is -2.11. The zero-order valence-corrected chi connectivity index (χ0v) is 12.4. The number of methoxy groups -OCH3 is 2. The van der Waals surface area contributed by atoms with E-state index in [2.05, 4.69) is 20.6 Å². The summed E-state index contributed by atoms with van der Waals surface area (Å²) in [6.45, 7) is 0. The molecule has 0 aliphatic carbocycles. The van der Waals surface area contributed by atoms with Gasteiger partial charge in [-0.05, 0) is 18.2 Å². The minimum Gasteiger partial charge on any atom is -0.479 e. The Balaban J connectivity index is 2.10. The van der Waals surface area contributed by atoms with E-state index in [1.54, 1.807) is 0 Å². The van der Waals surface area contributed by atoms with Crippen LogP contribution >= 0.6 is 11.6 Å². The van der Waals surface area contributed by atoms with Gasteiger partial charge in [-0.2, -0.15) is 4.98 Å². The van der Waals surface area contributed by atoms with Crippen LogP contribution in [0.3, 0.4) is 0 Å². The smallest absolute Gasteiger partial charge is 0.323 e. The van der Waals surface area contributed by atoms with Gasteiger partial charge in [0.15, 0.2) is 0 Å². The summed E-state index contributed by atoms with van der Waals surface area (Å²) in [5, 5.41) is 4.90. The summed E-state index contributed by atoms with van der Waals surface area (Å²) < 4.78 is 22.9. The van der Waals surface area contributed by atoms with Gasteiger partial charge in [-0.1, -0.05) is 11.6 Å². The second-order valence-corrected chi connectivity index (χ2v) is 4.39. The van der Waals surface area contributed by atoms with Crippen LogP contribution in [-0.4, -0.2) is 30.2 Å².